The van der Waals surface area contributed by atoms with Crippen molar-refractivity contribution in [2.45, 2.75) is 44.9 Å². The Balaban J connectivity index is 1.50. The summed E-state index contributed by atoms with van der Waals surface area (Å²) in [5.74, 6) is 1.57. The lowest BCUT2D eigenvalue weighted by atomic mass is 9.86. The van der Waals surface area contributed by atoms with Crippen molar-refractivity contribution in [2.75, 3.05) is 14.2 Å². The van der Waals surface area contributed by atoms with Crippen molar-refractivity contribution in [2.24, 2.45) is 16.0 Å². The Morgan fingerprint density at radius 3 is 2.70 bits per heavy atom. The molecule has 1 fully saturated rings. The van der Waals surface area contributed by atoms with E-state index in [0.717, 1.165) is 29.4 Å². The topological polar surface area (TPSA) is 87.3 Å². The molecule has 0 atom stereocenters. The van der Waals surface area contributed by atoms with Crippen molar-refractivity contribution >= 4 is 39.8 Å². The van der Waals surface area contributed by atoms with Crippen LogP contribution in [0.1, 0.15) is 50.5 Å². The van der Waals surface area contributed by atoms with E-state index in [1.54, 1.807) is 32.4 Å². The number of aliphatic imine (C=N–C) groups is 1. The van der Waals surface area contributed by atoms with Crippen LogP contribution in [0.25, 0.3) is 6.08 Å². The van der Waals surface area contributed by atoms with Crippen LogP contribution in [0.15, 0.2) is 33.9 Å². The number of hydrazone groups is 1. The first-order valence-electron chi connectivity index (χ1n) is 10.3. The molecule has 1 aliphatic carbocycles. The van der Waals surface area contributed by atoms with Crippen molar-refractivity contribution in [1.29, 1.82) is 5.41 Å². The average molecular weight is 427 g/mol. The number of rotatable bonds is 6. The van der Waals surface area contributed by atoms with E-state index in [-0.39, 0.29) is 11.4 Å². The molecule has 0 bridgehead atoms. The molecule has 8 heteroatoms. The Labute approximate surface area is 180 Å². The van der Waals surface area contributed by atoms with Crippen LogP contribution in [-0.4, -0.2) is 41.2 Å². The maximum Gasteiger partial charge on any atom is 0.283 e. The number of thioether (sulfide) groups is 1. The molecule has 2 heterocycles. The van der Waals surface area contributed by atoms with Gasteiger partial charge in [-0.1, -0.05) is 38.2 Å². The molecule has 1 aromatic rings. The van der Waals surface area contributed by atoms with Crippen molar-refractivity contribution in [3.63, 3.8) is 0 Å². The Morgan fingerprint density at radius 2 is 1.97 bits per heavy atom. The molecular weight excluding hydrogens is 400 g/mol. The first-order chi connectivity index (χ1) is 14.6. The number of amides is 1. The van der Waals surface area contributed by atoms with Crippen molar-refractivity contribution in [1.82, 2.24) is 5.01 Å². The number of benzene rings is 1. The molecule has 3 aliphatic rings. The minimum Gasteiger partial charge on any atom is -0.493 e. The third-order valence-corrected chi connectivity index (χ3v) is 6.67. The molecule has 30 heavy (non-hydrogen) atoms. The predicted octanol–water partition coefficient (Wildman–Crippen LogP) is 4.68. The van der Waals surface area contributed by atoms with Gasteiger partial charge in [-0.25, -0.2) is 0 Å². The van der Waals surface area contributed by atoms with E-state index in [1.165, 1.54) is 48.9 Å². The zero-order chi connectivity index (χ0) is 21.1. The van der Waals surface area contributed by atoms with E-state index in [2.05, 4.69) is 10.1 Å². The summed E-state index contributed by atoms with van der Waals surface area (Å²) < 4.78 is 10.6. The Bertz CT molecular complexity index is 948. The standard InChI is InChI=1S/C22H26N4O3S/c1-28-17-10-8-15(13-18(17)29-2)12-16-20(23)26-22(24-21(16)27)30-19(25-26)11-9-14-6-4-3-5-7-14/h8,10,12-14,23H,3-7,9,11H2,1-2H3/b16-12-,23-20?. The van der Waals surface area contributed by atoms with Gasteiger partial charge in [-0.2, -0.15) is 15.1 Å². The van der Waals surface area contributed by atoms with E-state index in [4.69, 9.17) is 14.9 Å². The summed E-state index contributed by atoms with van der Waals surface area (Å²) in [6.07, 6.45) is 10.2. The van der Waals surface area contributed by atoms with Crippen LogP contribution in [0.2, 0.25) is 0 Å². The number of fused-ring (bicyclic) bond motifs is 1. The summed E-state index contributed by atoms with van der Waals surface area (Å²) in [6, 6.07) is 5.35. The van der Waals surface area contributed by atoms with Crippen molar-refractivity contribution < 1.29 is 14.3 Å². The highest BCUT2D eigenvalue weighted by molar-refractivity contribution is 8.26. The summed E-state index contributed by atoms with van der Waals surface area (Å²) in [7, 11) is 3.13. The summed E-state index contributed by atoms with van der Waals surface area (Å²) in [5.41, 5.74) is 0.941. The van der Waals surface area contributed by atoms with Crippen molar-refractivity contribution in [3.05, 3.63) is 29.3 Å². The molecule has 7 nitrogen and oxygen atoms in total. The van der Waals surface area contributed by atoms with E-state index >= 15 is 0 Å². The van der Waals surface area contributed by atoms with Gasteiger partial charge >= 0.3 is 0 Å². The monoisotopic (exact) mass is 426 g/mol. The minimum absolute atomic E-state index is 0.0555. The lowest BCUT2D eigenvalue weighted by molar-refractivity contribution is -0.114. The summed E-state index contributed by atoms with van der Waals surface area (Å²) in [4.78, 5) is 16.8. The van der Waals surface area contributed by atoms with Gasteiger partial charge in [0.15, 0.2) is 17.3 Å². The zero-order valence-electron chi connectivity index (χ0n) is 17.3. The largest absolute Gasteiger partial charge is 0.493 e. The summed E-state index contributed by atoms with van der Waals surface area (Å²) in [6.45, 7) is 0. The fraction of sp³-hybridized carbons (Fsp3) is 0.455. The highest BCUT2D eigenvalue weighted by atomic mass is 32.2. The number of methoxy groups -OCH3 is 2. The molecular formula is C22H26N4O3S. The normalized spacial score (nSPS) is 20.9. The molecule has 158 valence electrons. The van der Waals surface area contributed by atoms with Crippen molar-refractivity contribution in [3.8, 4) is 11.5 Å². The Morgan fingerprint density at radius 1 is 1.20 bits per heavy atom. The highest BCUT2D eigenvalue weighted by Gasteiger charge is 2.35. The van der Waals surface area contributed by atoms with Gasteiger partial charge in [-0.05, 0) is 54.3 Å². The van der Waals surface area contributed by atoms with Crippen LogP contribution in [0.3, 0.4) is 0 Å². The van der Waals surface area contributed by atoms with Crippen LogP contribution in [0, 0.1) is 11.3 Å². The van der Waals surface area contributed by atoms with E-state index < -0.39 is 5.91 Å². The van der Waals surface area contributed by atoms with Gasteiger partial charge < -0.3 is 9.47 Å². The zero-order valence-corrected chi connectivity index (χ0v) is 18.1. The number of nitrogens with one attached hydrogen (secondary N) is 1. The first kappa shape index (κ1) is 20.7. The SMILES string of the molecule is COc1ccc(/C=C2/C(=N)N3N=C(CCC4CCCCC4)SC3=NC2=O)cc1OC. The van der Waals surface area contributed by atoms with Gasteiger partial charge in [-0.3, -0.25) is 10.2 Å². The minimum atomic E-state index is -0.419. The van der Waals surface area contributed by atoms with Gasteiger partial charge in [0, 0.05) is 0 Å². The van der Waals surface area contributed by atoms with Crippen LogP contribution in [0.4, 0.5) is 0 Å². The van der Waals surface area contributed by atoms with Crippen LogP contribution in [-0.2, 0) is 4.79 Å². The number of nitrogens with zero attached hydrogens (tertiary/aromatic N) is 3. The fourth-order valence-corrected chi connectivity index (χ4v) is 4.95. The number of hydrogen-bond donors (Lipinski definition) is 1. The lowest BCUT2D eigenvalue weighted by Crippen LogP contribution is -2.35. The summed E-state index contributed by atoms with van der Waals surface area (Å²) >= 11 is 1.41. The third-order valence-electron chi connectivity index (χ3n) is 5.71. The summed E-state index contributed by atoms with van der Waals surface area (Å²) in [5, 5.41) is 16.0. The molecule has 4 rings (SSSR count). The highest BCUT2D eigenvalue weighted by Crippen LogP contribution is 2.34. The smallest absolute Gasteiger partial charge is 0.283 e. The molecule has 2 aliphatic heterocycles. The van der Waals surface area contributed by atoms with E-state index in [1.807, 2.05) is 6.07 Å². The van der Waals surface area contributed by atoms with Gasteiger partial charge in [0.05, 0.1) is 19.8 Å². The maximum absolute atomic E-state index is 12.6. The number of carbonyl (C=O) groups is 1. The molecule has 0 aromatic heterocycles. The predicted molar refractivity (Wildman–Crippen MR) is 120 cm³/mol. The van der Waals surface area contributed by atoms with Gasteiger partial charge in [0.1, 0.15) is 5.04 Å². The number of ether oxygens (including phenoxy) is 2. The molecule has 0 spiro atoms. The second kappa shape index (κ2) is 9.04. The average Bonchev–Trinajstić information content (AvgIpc) is 3.18. The van der Waals surface area contributed by atoms with E-state index in [9.17, 15) is 4.79 Å². The molecule has 0 radical (unpaired) electrons. The number of amidine groups is 2. The third kappa shape index (κ3) is 4.28. The second-order valence-electron chi connectivity index (χ2n) is 7.67. The van der Waals surface area contributed by atoms with E-state index in [0.29, 0.717) is 16.7 Å². The Kier molecular flexibility index (Phi) is 6.22. The fourth-order valence-electron chi connectivity index (χ4n) is 4.05. The van der Waals surface area contributed by atoms with Gasteiger partial charge in [-0.15, -0.1) is 0 Å². The lowest BCUT2D eigenvalue weighted by Gasteiger charge is -2.20. The quantitative estimate of drug-likeness (QED) is 0.667. The molecule has 0 unspecified atom stereocenters. The van der Waals surface area contributed by atoms with Crippen LogP contribution >= 0.6 is 11.8 Å². The van der Waals surface area contributed by atoms with Gasteiger partial charge in [0.2, 0.25) is 5.17 Å². The molecule has 1 amide bonds. The van der Waals surface area contributed by atoms with Crippen LogP contribution in [0.5, 0.6) is 11.5 Å². The second-order valence-corrected chi connectivity index (χ2v) is 8.71. The molecule has 1 N–H and O–H groups in total. The van der Waals surface area contributed by atoms with Crippen LogP contribution < -0.4 is 9.47 Å². The Hall–Kier alpha value is -2.61. The van der Waals surface area contributed by atoms with Gasteiger partial charge in [0.25, 0.3) is 5.91 Å². The first-order valence-corrected chi connectivity index (χ1v) is 11.1. The molecule has 1 saturated carbocycles. The molecule has 0 saturated heterocycles. The molecule has 1 aromatic carbocycles. The number of carbonyl (C=O) groups excluding carboxylic acids is 1. The maximum atomic E-state index is 12.6. The number of hydrogen-bond acceptors (Lipinski definition) is 6.